The van der Waals surface area contributed by atoms with Crippen LogP contribution in [0.3, 0.4) is 0 Å². The summed E-state index contributed by atoms with van der Waals surface area (Å²) in [5.74, 6) is 1.62. The molecule has 2 unspecified atom stereocenters. The zero-order chi connectivity index (χ0) is 18.2. The van der Waals surface area contributed by atoms with Crippen molar-refractivity contribution < 1.29 is 14.3 Å². The van der Waals surface area contributed by atoms with Crippen molar-refractivity contribution in [2.24, 2.45) is 0 Å². The molecule has 0 aromatic heterocycles. The molecule has 0 bridgehead atoms. The van der Waals surface area contributed by atoms with Crippen LogP contribution >= 0.6 is 0 Å². The zero-order valence-electron chi connectivity index (χ0n) is 15.1. The lowest BCUT2D eigenvalue weighted by atomic mass is 9.99. The first-order chi connectivity index (χ1) is 12.7. The molecule has 2 atom stereocenters. The fourth-order valence-electron chi connectivity index (χ4n) is 3.04. The number of para-hydroxylation sites is 1. The summed E-state index contributed by atoms with van der Waals surface area (Å²) in [6, 6.07) is 17.4. The van der Waals surface area contributed by atoms with Crippen LogP contribution in [-0.2, 0) is 4.79 Å². The highest BCUT2D eigenvalue weighted by Gasteiger charge is 2.23. The van der Waals surface area contributed by atoms with Crippen LogP contribution in [-0.4, -0.2) is 31.2 Å². The van der Waals surface area contributed by atoms with E-state index in [1.165, 1.54) is 0 Å². The SMILES string of the molecule is CC1CCCC(C(=O)Nc2ccc(OCCOc3ccccc3)cc2)N1. The maximum Gasteiger partial charge on any atom is 0.241 e. The van der Waals surface area contributed by atoms with Crippen LogP contribution in [0.5, 0.6) is 11.5 Å². The lowest BCUT2D eigenvalue weighted by Crippen LogP contribution is -2.47. The predicted molar refractivity (Wildman–Crippen MR) is 103 cm³/mol. The lowest BCUT2D eigenvalue weighted by Gasteiger charge is -2.27. The highest BCUT2D eigenvalue weighted by Crippen LogP contribution is 2.18. The van der Waals surface area contributed by atoms with Crippen LogP contribution in [0.2, 0.25) is 0 Å². The van der Waals surface area contributed by atoms with Gasteiger partial charge < -0.3 is 20.1 Å². The molecule has 0 saturated carbocycles. The standard InChI is InChI=1S/C21H26N2O3/c1-16-6-5-9-20(22-16)21(24)23-17-10-12-19(13-11-17)26-15-14-25-18-7-3-2-4-8-18/h2-4,7-8,10-13,16,20,22H,5-6,9,14-15H2,1H3,(H,23,24). The number of piperidine rings is 1. The van der Waals surface area contributed by atoms with Crippen LogP contribution in [0.1, 0.15) is 26.2 Å². The molecule has 26 heavy (non-hydrogen) atoms. The van der Waals surface area contributed by atoms with Crippen LogP contribution in [0.25, 0.3) is 0 Å². The zero-order valence-corrected chi connectivity index (χ0v) is 15.1. The molecule has 0 aliphatic carbocycles. The summed E-state index contributed by atoms with van der Waals surface area (Å²) in [7, 11) is 0. The summed E-state index contributed by atoms with van der Waals surface area (Å²) in [6.07, 6.45) is 3.10. The normalized spacial score (nSPS) is 19.6. The van der Waals surface area contributed by atoms with Crippen molar-refractivity contribution in [3.8, 4) is 11.5 Å². The number of hydrogen-bond acceptors (Lipinski definition) is 4. The first-order valence-electron chi connectivity index (χ1n) is 9.18. The van der Waals surface area contributed by atoms with E-state index >= 15 is 0 Å². The Morgan fingerprint density at radius 1 is 1.00 bits per heavy atom. The minimum absolute atomic E-state index is 0.0291. The van der Waals surface area contributed by atoms with Gasteiger partial charge in [0, 0.05) is 11.7 Å². The van der Waals surface area contributed by atoms with Gasteiger partial charge >= 0.3 is 0 Å². The summed E-state index contributed by atoms with van der Waals surface area (Å²) >= 11 is 0. The quantitative estimate of drug-likeness (QED) is 0.746. The molecule has 0 radical (unpaired) electrons. The van der Waals surface area contributed by atoms with E-state index in [1.807, 2.05) is 54.6 Å². The number of amides is 1. The van der Waals surface area contributed by atoms with E-state index in [1.54, 1.807) is 0 Å². The van der Waals surface area contributed by atoms with Gasteiger partial charge in [0.05, 0.1) is 6.04 Å². The van der Waals surface area contributed by atoms with E-state index in [-0.39, 0.29) is 11.9 Å². The highest BCUT2D eigenvalue weighted by atomic mass is 16.5. The molecule has 1 aliphatic heterocycles. The van der Waals surface area contributed by atoms with E-state index in [4.69, 9.17) is 9.47 Å². The number of benzene rings is 2. The number of ether oxygens (including phenoxy) is 2. The summed E-state index contributed by atoms with van der Waals surface area (Å²) in [5, 5.41) is 6.31. The molecule has 5 heteroatoms. The van der Waals surface area contributed by atoms with Crippen molar-refractivity contribution in [2.75, 3.05) is 18.5 Å². The van der Waals surface area contributed by atoms with Crippen molar-refractivity contribution in [3.05, 3.63) is 54.6 Å². The molecule has 2 N–H and O–H groups in total. The minimum atomic E-state index is -0.107. The van der Waals surface area contributed by atoms with Gasteiger partial charge in [-0.25, -0.2) is 0 Å². The van der Waals surface area contributed by atoms with E-state index in [0.717, 1.165) is 36.4 Å². The van der Waals surface area contributed by atoms with Crippen LogP contribution in [0, 0.1) is 0 Å². The van der Waals surface area contributed by atoms with Gasteiger partial charge in [-0.1, -0.05) is 18.2 Å². The second-order valence-corrected chi connectivity index (χ2v) is 6.57. The van der Waals surface area contributed by atoms with Gasteiger partial charge in [0.15, 0.2) is 0 Å². The van der Waals surface area contributed by atoms with Crippen LogP contribution < -0.4 is 20.1 Å². The van der Waals surface area contributed by atoms with Crippen molar-refractivity contribution >= 4 is 11.6 Å². The van der Waals surface area contributed by atoms with E-state index < -0.39 is 0 Å². The Labute approximate surface area is 154 Å². The summed E-state index contributed by atoms with van der Waals surface area (Å²) in [5.41, 5.74) is 0.780. The van der Waals surface area contributed by atoms with Crippen LogP contribution in [0.15, 0.2) is 54.6 Å². The maximum atomic E-state index is 12.3. The van der Waals surface area contributed by atoms with Gasteiger partial charge in [-0.15, -0.1) is 0 Å². The second kappa shape index (κ2) is 9.25. The van der Waals surface area contributed by atoms with E-state index in [9.17, 15) is 4.79 Å². The Bertz CT molecular complexity index is 688. The molecule has 138 valence electrons. The number of carbonyl (C=O) groups excluding carboxylic acids is 1. The minimum Gasteiger partial charge on any atom is -0.490 e. The largest absolute Gasteiger partial charge is 0.490 e. The van der Waals surface area contributed by atoms with Crippen LogP contribution in [0.4, 0.5) is 5.69 Å². The smallest absolute Gasteiger partial charge is 0.241 e. The third-order valence-electron chi connectivity index (χ3n) is 4.42. The van der Waals surface area contributed by atoms with Crippen molar-refractivity contribution in [3.63, 3.8) is 0 Å². The van der Waals surface area contributed by atoms with Gasteiger partial charge in [-0.05, 0) is 62.6 Å². The number of nitrogens with one attached hydrogen (secondary N) is 2. The molecule has 0 spiro atoms. The molecular formula is C21H26N2O3. The van der Waals surface area contributed by atoms with Gasteiger partial charge in [0.1, 0.15) is 24.7 Å². The lowest BCUT2D eigenvalue weighted by molar-refractivity contribution is -0.118. The predicted octanol–water partition coefficient (Wildman–Crippen LogP) is 3.61. The number of hydrogen-bond donors (Lipinski definition) is 2. The van der Waals surface area contributed by atoms with Crippen molar-refractivity contribution in [1.29, 1.82) is 0 Å². The third-order valence-corrected chi connectivity index (χ3v) is 4.42. The molecule has 5 nitrogen and oxygen atoms in total. The van der Waals surface area contributed by atoms with Crippen molar-refractivity contribution in [2.45, 2.75) is 38.3 Å². The molecule has 1 aliphatic rings. The van der Waals surface area contributed by atoms with Gasteiger partial charge in [-0.2, -0.15) is 0 Å². The molecule has 2 aromatic carbocycles. The monoisotopic (exact) mass is 354 g/mol. The molecule has 1 saturated heterocycles. The Morgan fingerprint density at radius 3 is 2.31 bits per heavy atom. The molecule has 3 rings (SSSR count). The van der Waals surface area contributed by atoms with Gasteiger partial charge in [-0.3, -0.25) is 4.79 Å². The average Bonchev–Trinajstić information content (AvgIpc) is 2.67. The summed E-state index contributed by atoms with van der Waals surface area (Å²) in [4.78, 5) is 12.3. The van der Waals surface area contributed by atoms with Gasteiger partial charge in [0.25, 0.3) is 0 Å². The number of rotatable bonds is 7. The molecule has 1 fully saturated rings. The fraction of sp³-hybridized carbons (Fsp3) is 0.381. The summed E-state index contributed by atoms with van der Waals surface area (Å²) < 4.78 is 11.3. The molecular weight excluding hydrogens is 328 g/mol. The number of anilines is 1. The Balaban J connectivity index is 1.41. The maximum absolute atomic E-state index is 12.3. The average molecular weight is 354 g/mol. The fourth-order valence-corrected chi connectivity index (χ4v) is 3.04. The second-order valence-electron chi connectivity index (χ2n) is 6.57. The first kappa shape index (κ1) is 18.3. The molecule has 2 aromatic rings. The third kappa shape index (κ3) is 5.49. The summed E-state index contributed by atoms with van der Waals surface area (Å²) in [6.45, 7) is 3.06. The van der Waals surface area contributed by atoms with E-state index in [2.05, 4.69) is 17.6 Å². The molecule has 1 heterocycles. The van der Waals surface area contributed by atoms with E-state index in [0.29, 0.717) is 19.3 Å². The topological polar surface area (TPSA) is 59.6 Å². The van der Waals surface area contributed by atoms with Crippen molar-refractivity contribution in [1.82, 2.24) is 5.32 Å². The Hall–Kier alpha value is -2.53. The molecule has 1 amide bonds. The first-order valence-corrected chi connectivity index (χ1v) is 9.18. The van der Waals surface area contributed by atoms with Gasteiger partial charge in [0.2, 0.25) is 5.91 Å². The number of carbonyl (C=O) groups is 1. The highest BCUT2D eigenvalue weighted by molar-refractivity contribution is 5.94. The Kier molecular flexibility index (Phi) is 6.50. The Morgan fingerprint density at radius 2 is 1.65 bits per heavy atom.